The fourth-order valence-corrected chi connectivity index (χ4v) is 2.32. The molecule has 0 aliphatic heterocycles. The SMILES string of the molecule is O=Cc1cc(Cl)ccc1OCC1CCC(F)(F)C1. The largest absolute Gasteiger partial charge is 0.493 e. The summed E-state index contributed by atoms with van der Waals surface area (Å²) >= 11 is 5.75. The van der Waals surface area contributed by atoms with E-state index in [4.69, 9.17) is 16.3 Å². The van der Waals surface area contributed by atoms with Gasteiger partial charge in [0, 0.05) is 17.9 Å². The summed E-state index contributed by atoms with van der Waals surface area (Å²) < 4.78 is 31.4. The monoisotopic (exact) mass is 274 g/mol. The minimum atomic E-state index is -2.57. The lowest BCUT2D eigenvalue weighted by Gasteiger charge is -2.13. The zero-order valence-corrected chi connectivity index (χ0v) is 10.4. The van der Waals surface area contributed by atoms with Gasteiger partial charge in [-0.3, -0.25) is 4.79 Å². The second kappa shape index (κ2) is 5.22. The van der Waals surface area contributed by atoms with Gasteiger partial charge in [-0.1, -0.05) is 11.6 Å². The van der Waals surface area contributed by atoms with Crippen molar-refractivity contribution in [1.82, 2.24) is 0 Å². The lowest BCUT2D eigenvalue weighted by molar-refractivity contribution is 0.00289. The number of halogens is 3. The van der Waals surface area contributed by atoms with Crippen LogP contribution in [0.25, 0.3) is 0 Å². The van der Waals surface area contributed by atoms with Crippen molar-refractivity contribution in [2.24, 2.45) is 5.92 Å². The minimum absolute atomic E-state index is 0.0812. The van der Waals surface area contributed by atoms with Crippen molar-refractivity contribution in [2.75, 3.05) is 6.61 Å². The Morgan fingerprint density at radius 3 is 2.89 bits per heavy atom. The van der Waals surface area contributed by atoms with E-state index >= 15 is 0 Å². The smallest absolute Gasteiger partial charge is 0.248 e. The maximum Gasteiger partial charge on any atom is 0.248 e. The fourth-order valence-electron chi connectivity index (χ4n) is 2.13. The van der Waals surface area contributed by atoms with Gasteiger partial charge in [0.1, 0.15) is 5.75 Å². The molecule has 1 aliphatic carbocycles. The maximum atomic E-state index is 13.0. The molecular formula is C13H13ClF2O2. The molecule has 1 fully saturated rings. The Morgan fingerprint density at radius 2 is 2.28 bits per heavy atom. The van der Waals surface area contributed by atoms with E-state index in [0.717, 1.165) is 0 Å². The molecule has 1 aromatic carbocycles. The van der Waals surface area contributed by atoms with E-state index in [-0.39, 0.29) is 25.4 Å². The predicted molar refractivity (Wildman–Crippen MR) is 64.6 cm³/mol. The number of rotatable bonds is 4. The summed E-state index contributed by atoms with van der Waals surface area (Å²) in [6, 6.07) is 4.68. The first kappa shape index (κ1) is 13.3. The van der Waals surface area contributed by atoms with Gasteiger partial charge in [-0.2, -0.15) is 0 Å². The summed E-state index contributed by atoms with van der Waals surface area (Å²) in [5.41, 5.74) is 0.340. The third kappa shape index (κ3) is 3.19. The highest BCUT2D eigenvalue weighted by molar-refractivity contribution is 6.30. The first-order valence-corrected chi connectivity index (χ1v) is 6.13. The molecule has 1 saturated carbocycles. The van der Waals surface area contributed by atoms with E-state index < -0.39 is 5.92 Å². The average molecular weight is 275 g/mol. The topological polar surface area (TPSA) is 26.3 Å². The van der Waals surface area contributed by atoms with Gasteiger partial charge in [0.25, 0.3) is 0 Å². The molecule has 0 heterocycles. The summed E-state index contributed by atoms with van der Waals surface area (Å²) in [6.45, 7) is 0.206. The summed E-state index contributed by atoms with van der Waals surface area (Å²) in [6.07, 6.45) is 0.876. The van der Waals surface area contributed by atoms with E-state index in [1.807, 2.05) is 0 Å². The van der Waals surface area contributed by atoms with E-state index in [9.17, 15) is 13.6 Å². The number of aldehydes is 1. The normalized spacial score (nSPS) is 21.8. The van der Waals surface area contributed by atoms with E-state index in [2.05, 4.69) is 0 Å². The minimum Gasteiger partial charge on any atom is -0.493 e. The van der Waals surface area contributed by atoms with E-state index in [1.165, 1.54) is 6.07 Å². The molecule has 0 radical (unpaired) electrons. The number of hydrogen-bond acceptors (Lipinski definition) is 2. The highest BCUT2D eigenvalue weighted by Crippen LogP contribution is 2.39. The Kier molecular flexibility index (Phi) is 3.85. The van der Waals surface area contributed by atoms with Crippen molar-refractivity contribution < 1.29 is 18.3 Å². The number of carbonyl (C=O) groups excluding carboxylic acids is 1. The molecule has 1 aromatic rings. The van der Waals surface area contributed by atoms with Gasteiger partial charge in [0.15, 0.2) is 6.29 Å². The van der Waals surface area contributed by atoms with Crippen LogP contribution in [0.3, 0.4) is 0 Å². The molecule has 0 N–H and O–H groups in total. The molecule has 0 bridgehead atoms. The Balaban J connectivity index is 1.96. The second-order valence-corrected chi connectivity index (χ2v) is 5.01. The molecule has 1 atom stereocenters. The van der Waals surface area contributed by atoms with Crippen LogP contribution in [0.5, 0.6) is 5.75 Å². The van der Waals surface area contributed by atoms with Crippen LogP contribution in [0.15, 0.2) is 18.2 Å². The lowest BCUT2D eigenvalue weighted by Crippen LogP contribution is -2.14. The van der Waals surface area contributed by atoms with Crippen molar-refractivity contribution in [1.29, 1.82) is 0 Å². The van der Waals surface area contributed by atoms with Crippen molar-refractivity contribution >= 4 is 17.9 Å². The van der Waals surface area contributed by atoms with E-state index in [0.29, 0.717) is 29.0 Å². The van der Waals surface area contributed by atoms with Crippen molar-refractivity contribution in [2.45, 2.75) is 25.2 Å². The van der Waals surface area contributed by atoms with Crippen LogP contribution in [0.2, 0.25) is 5.02 Å². The quantitative estimate of drug-likeness (QED) is 0.777. The highest BCUT2D eigenvalue weighted by atomic mass is 35.5. The van der Waals surface area contributed by atoms with Crippen molar-refractivity contribution in [3.8, 4) is 5.75 Å². The van der Waals surface area contributed by atoms with Crippen molar-refractivity contribution in [3.05, 3.63) is 28.8 Å². The average Bonchev–Trinajstić information content (AvgIpc) is 2.67. The lowest BCUT2D eigenvalue weighted by atomic mass is 10.1. The summed E-state index contributed by atoms with van der Waals surface area (Å²) in [4.78, 5) is 10.8. The van der Waals surface area contributed by atoms with Crippen LogP contribution >= 0.6 is 11.6 Å². The molecule has 18 heavy (non-hydrogen) atoms. The van der Waals surface area contributed by atoms with Crippen molar-refractivity contribution in [3.63, 3.8) is 0 Å². The Bertz CT molecular complexity index is 449. The van der Waals surface area contributed by atoms with Crippen LogP contribution < -0.4 is 4.74 Å². The number of benzene rings is 1. The highest BCUT2D eigenvalue weighted by Gasteiger charge is 2.39. The summed E-state index contributed by atoms with van der Waals surface area (Å²) in [5.74, 6) is -2.33. The van der Waals surface area contributed by atoms with E-state index in [1.54, 1.807) is 12.1 Å². The third-order valence-corrected chi connectivity index (χ3v) is 3.31. The Labute approximate surface area is 109 Å². The zero-order valence-electron chi connectivity index (χ0n) is 9.67. The first-order valence-electron chi connectivity index (χ1n) is 5.75. The van der Waals surface area contributed by atoms with Gasteiger partial charge < -0.3 is 4.74 Å². The fraction of sp³-hybridized carbons (Fsp3) is 0.462. The van der Waals surface area contributed by atoms with Crippen LogP contribution in [0, 0.1) is 5.92 Å². The number of ether oxygens (including phenoxy) is 1. The first-order chi connectivity index (χ1) is 8.50. The van der Waals surface area contributed by atoms with Gasteiger partial charge in [-0.05, 0) is 30.5 Å². The predicted octanol–water partition coefficient (Wildman–Crippen LogP) is 3.97. The van der Waals surface area contributed by atoms with Gasteiger partial charge in [-0.25, -0.2) is 8.78 Å². The molecule has 2 nitrogen and oxygen atoms in total. The third-order valence-electron chi connectivity index (χ3n) is 3.08. The van der Waals surface area contributed by atoms with Gasteiger partial charge >= 0.3 is 0 Å². The van der Waals surface area contributed by atoms with Crippen LogP contribution in [0.4, 0.5) is 8.78 Å². The Hall–Kier alpha value is -1.16. The van der Waals surface area contributed by atoms with Gasteiger partial charge in [0.05, 0.1) is 12.2 Å². The van der Waals surface area contributed by atoms with Crippen LogP contribution in [0.1, 0.15) is 29.6 Å². The van der Waals surface area contributed by atoms with Gasteiger partial charge in [-0.15, -0.1) is 0 Å². The standard InChI is InChI=1S/C13H13ClF2O2/c14-11-1-2-12(10(5-11)7-17)18-8-9-3-4-13(15,16)6-9/h1-2,5,7,9H,3-4,6,8H2. The molecule has 1 aliphatic rings. The molecular weight excluding hydrogens is 262 g/mol. The molecule has 98 valence electrons. The zero-order chi connectivity index (χ0) is 13.2. The number of hydrogen-bond donors (Lipinski definition) is 0. The maximum absolute atomic E-state index is 13.0. The Morgan fingerprint density at radius 1 is 1.50 bits per heavy atom. The molecule has 0 spiro atoms. The van der Waals surface area contributed by atoms with Crippen LogP contribution in [-0.4, -0.2) is 18.8 Å². The molecule has 0 aromatic heterocycles. The molecule has 0 amide bonds. The van der Waals surface area contributed by atoms with Gasteiger partial charge in [0.2, 0.25) is 5.92 Å². The second-order valence-electron chi connectivity index (χ2n) is 4.58. The molecule has 2 rings (SSSR count). The molecule has 1 unspecified atom stereocenters. The number of alkyl halides is 2. The van der Waals surface area contributed by atoms with Crippen LogP contribution in [-0.2, 0) is 0 Å². The number of carbonyl (C=O) groups is 1. The summed E-state index contributed by atoms with van der Waals surface area (Å²) in [7, 11) is 0. The molecule has 0 saturated heterocycles. The summed E-state index contributed by atoms with van der Waals surface area (Å²) in [5, 5.41) is 0.442. The molecule has 5 heteroatoms.